The van der Waals surface area contributed by atoms with Crippen molar-refractivity contribution in [3.8, 4) is 0 Å². The van der Waals surface area contributed by atoms with E-state index in [4.69, 9.17) is 0 Å². The normalized spacial score (nSPS) is 22.1. The van der Waals surface area contributed by atoms with Gasteiger partial charge in [0, 0.05) is 5.41 Å². The largest absolute Gasteiger partial charge is 0.343 e. The highest BCUT2D eigenvalue weighted by Gasteiger charge is 2.34. The number of hydrogen-bond donors (Lipinski definition) is 2. The Morgan fingerprint density at radius 1 is 1.43 bits per heavy atom. The number of rotatable bonds is 1. The number of carbonyl (C=O) groups is 3. The number of amides is 3. The van der Waals surface area contributed by atoms with Crippen molar-refractivity contribution in [3.05, 3.63) is 0 Å². The molecule has 3 amide bonds. The van der Waals surface area contributed by atoms with Gasteiger partial charge in [-0.25, -0.2) is 0 Å². The summed E-state index contributed by atoms with van der Waals surface area (Å²) in [6, 6.07) is -0.700. The average molecular weight is 198 g/mol. The maximum absolute atomic E-state index is 11.5. The van der Waals surface area contributed by atoms with Gasteiger partial charge in [-0.15, -0.1) is 0 Å². The third-order valence-electron chi connectivity index (χ3n) is 1.96. The lowest BCUT2D eigenvalue weighted by Gasteiger charge is -2.19. The summed E-state index contributed by atoms with van der Waals surface area (Å²) in [4.78, 5) is 33.4. The van der Waals surface area contributed by atoms with E-state index in [-0.39, 0.29) is 18.2 Å². The molecule has 1 aliphatic heterocycles. The molecule has 0 unspecified atom stereocenters. The van der Waals surface area contributed by atoms with Crippen LogP contribution in [0.3, 0.4) is 0 Å². The van der Waals surface area contributed by atoms with Crippen molar-refractivity contribution in [2.45, 2.75) is 33.2 Å². The molecule has 0 aliphatic carbocycles. The fraction of sp³-hybridized carbons (Fsp3) is 0.667. The first-order valence-corrected chi connectivity index (χ1v) is 4.45. The molecule has 1 heterocycles. The third-order valence-corrected chi connectivity index (χ3v) is 1.96. The summed E-state index contributed by atoms with van der Waals surface area (Å²) < 4.78 is 0. The first kappa shape index (κ1) is 10.7. The standard InChI is InChI=1S/C9H14N2O3/c1-9(2,3)8(14)10-5-4-6(12)11-7(5)13/h5H,4H2,1-3H3,(H,10,14)(H,11,12,13)/t5-/m1/s1. The summed E-state index contributed by atoms with van der Waals surface area (Å²) in [5.41, 5.74) is -0.550. The Kier molecular flexibility index (Phi) is 2.59. The molecule has 0 aromatic heterocycles. The van der Waals surface area contributed by atoms with Crippen LogP contribution >= 0.6 is 0 Å². The van der Waals surface area contributed by atoms with Crippen molar-refractivity contribution < 1.29 is 14.4 Å². The molecule has 1 rings (SSSR count). The molecule has 2 N–H and O–H groups in total. The molecule has 0 bridgehead atoms. The van der Waals surface area contributed by atoms with Crippen LogP contribution in [0.5, 0.6) is 0 Å². The Morgan fingerprint density at radius 3 is 2.36 bits per heavy atom. The SMILES string of the molecule is CC(C)(C)C(=O)N[C@@H]1CC(=O)NC1=O. The fourth-order valence-corrected chi connectivity index (χ4v) is 1.04. The lowest BCUT2D eigenvalue weighted by atomic mass is 9.95. The van der Waals surface area contributed by atoms with Crippen LogP contribution in [0.25, 0.3) is 0 Å². The monoisotopic (exact) mass is 198 g/mol. The van der Waals surface area contributed by atoms with Gasteiger partial charge in [0.1, 0.15) is 6.04 Å². The Balaban J connectivity index is 2.58. The molecule has 5 heteroatoms. The topological polar surface area (TPSA) is 75.3 Å². The second-order valence-corrected chi connectivity index (χ2v) is 4.39. The summed E-state index contributed by atoms with van der Waals surface area (Å²) in [6.45, 7) is 5.24. The molecular formula is C9H14N2O3. The molecule has 5 nitrogen and oxygen atoms in total. The van der Waals surface area contributed by atoms with Crippen LogP contribution < -0.4 is 10.6 Å². The van der Waals surface area contributed by atoms with E-state index in [0.717, 1.165) is 0 Å². The van der Waals surface area contributed by atoms with Crippen LogP contribution in [0.1, 0.15) is 27.2 Å². The van der Waals surface area contributed by atoms with Crippen molar-refractivity contribution in [2.75, 3.05) is 0 Å². The first-order valence-electron chi connectivity index (χ1n) is 4.45. The molecule has 1 saturated heterocycles. The highest BCUT2D eigenvalue weighted by atomic mass is 16.2. The predicted octanol–water partition coefficient (Wildman–Crippen LogP) is -0.436. The number of imide groups is 1. The minimum Gasteiger partial charge on any atom is -0.343 e. The Bertz CT molecular complexity index is 291. The number of hydrogen-bond acceptors (Lipinski definition) is 3. The van der Waals surface area contributed by atoms with E-state index in [1.165, 1.54) is 0 Å². The molecule has 78 valence electrons. The van der Waals surface area contributed by atoms with E-state index < -0.39 is 17.4 Å². The minimum atomic E-state index is -0.700. The summed E-state index contributed by atoms with van der Waals surface area (Å²) in [7, 11) is 0. The van der Waals surface area contributed by atoms with E-state index in [1.807, 2.05) is 0 Å². The van der Waals surface area contributed by atoms with Gasteiger partial charge in [0.15, 0.2) is 0 Å². The van der Waals surface area contributed by atoms with Crippen molar-refractivity contribution in [3.63, 3.8) is 0 Å². The van der Waals surface area contributed by atoms with Gasteiger partial charge in [0.25, 0.3) is 0 Å². The fourth-order valence-electron chi connectivity index (χ4n) is 1.04. The van der Waals surface area contributed by atoms with Crippen LogP contribution in [-0.4, -0.2) is 23.8 Å². The zero-order valence-corrected chi connectivity index (χ0v) is 8.51. The van der Waals surface area contributed by atoms with Gasteiger partial charge in [0.2, 0.25) is 17.7 Å². The number of carbonyl (C=O) groups excluding carboxylic acids is 3. The van der Waals surface area contributed by atoms with Crippen LogP contribution in [0.4, 0.5) is 0 Å². The van der Waals surface area contributed by atoms with Crippen molar-refractivity contribution >= 4 is 17.7 Å². The Hall–Kier alpha value is -1.39. The lowest BCUT2D eigenvalue weighted by Crippen LogP contribution is -2.45. The number of nitrogens with one attached hydrogen (secondary N) is 2. The smallest absolute Gasteiger partial charge is 0.249 e. The molecule has 1 fully saturated rings. The third kappa shape index (κ3) is 2.31. The van der Waals surface area contributed by atoms with Crippen molar-refractivity contribution in [1.82, 2.24) is 10.6 Å². The average Bonchev–Trinajstić information content (AvgIpc) is 2.28. The van der Waals surface area contributed by atoms with Gasteiger partial charge in [0.05, 0.1) is 6.42 Å². The molecule has 0 radical (unpaired) electrons. The molecule has 0 aromatic carbocycles. The highest BCUT2D eigenvalue weighted by molar-refractivity contribution is 6.07. The van der Waals surface area contributed by atoms with Gasteiger partial charge in [-0.05, 0) is 0 Å². The summed E-state index contributed by atoms with van der Waals surface area (Å²) >= 11 is 0. The van der Waals surface area contributed by atoms with Gasteiger partial charge in [-0.2, -0.15) is 0 Å². The summed E-state index contributed by atoms with van der Waals surface area (Å²) in [5, 5.41) is 4.66. The second-order valence-electron chi connectivity index (χ2n) is 4.39. The van der Waals surface area contributed by atoms with Gasteiger partial charge < -0.3 is 5.32 Å². The Labute approximate surface area is 82.2 Å². The molecule has 0 aromatic rings. The molecule has 0 saturated carbocycles. The van der Waals surface area contributed by atoms with Crippen molar-refractivity contribution in [1.29, 1.82) is 0 Å². The highest BCUT2D eigenvalue weighted by Crippen LogP contribution is 2.14. The van der Waals surface area contributed by atoms with Gasteiger partial charge in [-0.3, -0.25) is 19.7 Å². The molecule has 14 heavy (non-hydrogen) atoms. The molecule has 1 aliphatic rings. The zero-order chi connectivity index (χ0) is 10.9. The molecular weight excluding hydrogens is 184 g/mol. The van der Waals surface area contributed by atoms with Crippen LogP contribution in [0.2, 0.25) is 0 Å². The molecule has 1 atom stereocenters. The minimum absolute atomic E-state index is 0.0423. The van der Waals surface area contributed by atoms with E-state index in [2.05, 4.69) is 10.6 Å². The molecule has 0 spiro atoms. The Morgan fingerprint density at radius 2 is 2.00 bits per heavy atom. The van der Waals surface area contributed by atoms with E-state index in [0.29, 0.717) is 0 Å². The second kappa shape index (κ2) is 3.40. The van der Waals surface area contributed by atoms with E-state index in [9.17, 15) is 14.4 Å². The maximum atomic E-state index is 11.5. The summed E-state index contributed by atoms with van der Waals surface area (Å²) in [5.74, 6) is -0.992. The van der Waals surface area contributed by atoms with Crippen molar-refractivity contribution in [2.24, 2.45) is 5.41 Å². The lowest BCUT2D eigenvalue weighted by molar-refractivity contribution is -0.132. The van der Waals surface area contributed by atoms with Crippen LogP contribution in [0, 0.1) is 5.41 Å². The first-order chi connectivity index (χ1) is 6.30. The van der Waals surface area contributed by atoms with E-state index >= 15 is 0 Å². The zero-order valence-electron chi connectivity index (χ0n) is 8.51. The maximum Gasteiger partial charge on any atom is 0.249 e. The summed E-state index contributed by atoms with van der Waals surface area (Å²) in [6.07, 6.45) is 0.0423. The van der Waals surface area contributed by atoms with Crippen LogP contribution in [0.15, 0.2) is 0 Å². The van der Waals surface area contributed by atoms with E-state index in [1.54, 1.807) is 20.8 Å². The quantitative estimate of drug-likeness (QED) is 0.561. The van der Waals surface area contributed by atoms with Gasteiger partial charge in [-0.1, -0.05) is 20.8 Å². The van der Waals surface area contributed by atoms with Crippen LogP contribution in [-0.2, 0) is 14.4 Å². The predicted molar refractivity (Wildman–Crippen MR) is 49.2 cm³/mol. The van der Waals surface area contributed by atoms with Gasteiger partial charge >= 0.3 is 0 Å².